The van der Waals surface area contributed by atoms with Crippen molar-refractivity contribution in [2.24, 2.45) is 5.10 Å². The van der Waals surface area contributed by atoms with Gasteiger partial charge in [0.2, 0.25) is 0 Å². The van der Waals surface area contributed by atoms with Gasteiger partial charge in [-0.2, -0.15) is 10.4 Å². The quantitative estimate of drug-likeness (QED) is 0.197. The molecule has 5 aromatic carbocycles. The van der Waals surface area contributed by atoms with Crippen molar-refractivity contribution in [3.05, 3.63) is 150 Å². The third-order valence-electron chi connectivity index (χ3n) is 7.75. The SMILES string of the molecule is N#Cc1cc(F)c(-c2ccc(-c3ccc(-c4nc5ccccc5c5c4C=CC(=N)/C5=N\Nc4ccccc4)cc3)cc2)c(F)c1. The van der Waals surface area contributed by atoms with E-state index in [0.717, 1.165) is 62.2 Å². The lowest BCUT2D eigenvalue weighted by molar-refractivity contribution is 0.589. The highest BCUT2D eigenvalue weighted by molar-refractivity contribution is 6.55. The molecule has 0 aliphatic heterocycles. The summed E-state index contributed by atoms with van der Waals surface area (Å²) in [7, 11) is 0. The molecule has 1 aliphatic rings. The predicted octanol–water partition coefficient (Wildman–Crippen LogP) is 9.25. The lowest BCUT2D eigenvalue weighted by atomic mass is 9.88. The van der Waals surface area contributed by atoms with Crippen molar-refractivity contribution in [2.75, 3.05) is 5.43 Å². The minimum Gasteiger partial charge on any atom is -0.299 e. The van der Waals surface area contributed by atoms with E-state index >= 15 is 0 Å². The molecule has 214 valence electrons. The first kappa shape index (κ1) is 27.6. The zero-order valence-electron chi connectivity index (χ0n) is 23.7. The van der Waals surface area contributed by atoms with Gasteiger partial charge in [0.05, 0.1) is 39.8 Å². The van der Waals surface area contributed by atoms with Crippen LogP contribution in [-0.4, -0.2) is 16.4 Å². The van der Waals surface area contributed by atoms with Gasteiger partial charge in [0.25, 0.3) is 0 Å². The summed E-state index contributed by atoms with van der Waals surface area (Å²) >= 11 is 0. The third kappa shape index (κ3) is 5.15. The van der Waals surface area contributed by atoms with Crippen LogP contribution < -0.4 is 5.43 Å². The summed E-state index contributed by atoms with van der Waals surface area (Å²) < 4.78 is 29.1. The van der Waals surface area contributed by atoms with E-state index in [2.05, 4.69) is 10.5 Å². The average Bonchev–Trinajstić information content (AvgIpc) is 3.08. The molecule has 1 aromatic heterocycles. The Hall–Kier alpha value is -6.26. The molecule has 0 unspecified atom stereocenters. The molecule has 0 amide bonds. The molecule has 6 aromatic rings. The average molecular weight is 588 g/mol. The number of fused-ring (bicyclic) bond motifs is 3. The maximum atomic E-state index is 14.6. The number of aromatic nitrogens is 1. The Balaban J connectivity index is 1.25. The van der Waals surface area contributed by atoms with Gasteiger partial charge in [-0.1, -0.05) is 84.9 Å². The molecular formula is C38H23F2N5. The second-order valence-corrected chi connectivity index (χ2v) is 10.5. The second-order valence-electron chi connectivity index (χ2n) is 10.5. The van der Waals surface area contributed by atoms with Crippen molar-refractivity contribution in [1.29, 1.82) is 10.7 Å². The highest BCUT2D eigenvalue weighted by Crippen LogP contribution is 2.36. The van der Waals surface area contributed by atoms with Crippen molar-refractivity contribution < 1.29 is 8.78 Å². The van der Waals surface area contributed by atoms with Crippen LogP contribution >= 0.6 is 0 Å². The maximum absolute atomic E-state index is 14.6. The second kappa shape index (κ2) is 11.4. The zero-order chi connectivity index (χ0) is 30.9. The van der Waals surface area contributed by atoms with E-state index in [0.29, 0.717) is 17.0 Å². The van der Waals surface area contributed by atoms with Crippen molar-refractivity contribution in [1.82, 2.24) is 4.98 Å². The van der Waals surface area contributed by atoms with Crippen LogP contribution in [0.2, 0.25) is 0 Å². The fraction of sp³-hybridized carbons (Fsp3) is 0. The summed E-state index contributed by atoms with van der Waals surface area (Å²) in [5.74, 6) is -1.55. The highest BCUT2D eigenvalue weighted by atomic mass is 19.1. The van der Waals surface area contributed by atoms with Gasteiger partial charge >= 0.3 is 0 Å². The first-order chi connectivity index (χ1) is 22.0. The summed E-state index contributed by atoms with van der Waals surface area (Å²) in [5.41, 5.74) is 10.9. The first-order valence-corrected chi connectivity index (χ1v) is 14.2. The molecule has 0 saturated heterocycles. The van der Waals surface area contributed by atoms with Gasteiger partial charge < -0.3 is 0 Å². The van der Waals surface area contributed by atoms with E-state index in [9.17, 15) is 8.78 Å². The van der Waals surface area contributed by atoms with Gasteiger partial charge in [-0.05, 0) is 59.2 Å². The van der Waals surface area contributed by atoms with Crippen molar-refractivity contribution in [2.45, 2.75) is 0 Å². The number of nitrogens with zero attached hydrogens (tertiary/aromatic N) is 3. The van der Waals surface area contributed by atoms with E-state index in [1.165, 1.54) is 0 Å². The molecule has 7 heteroatoms. The maximum Gasteiger partial charge on any atom is 0.135 e. The van der Waals surface area contributed by atoms with Crippen LogP contribution in [0.15, 0.2) is 126 Å². The largest absolute Gasteiger partial charge is 0.299 e. The number of hydrogen-bond acceptors (Lipinski definition) is 5. The smallest absolute Gasteiger partial charge is 0.135 e. The molecule has 0 bridgehead atoms. The number of nitrogens with one attached hydrogen (secondary N) is 2. The van der Waals surface area contributed by atoms with E-state index in [1.54, 1.807) is 24.3 Å². The van der Waals surface area contributed by atoms with Crippen molar-refractivity contribution in [3.63, 3.8) is 0 Å². The van der Waals surface area contributed by atoms with Crippen molar-refractivity contribution >= 4 is 34.1 Å². The Morgan fingerprint density at radius 1 is 0.689 bits per heavy atom. The standard InChI is InChI=1S/C38H23F2N5/c39-31-20-23(22-41)21-32(40)35(31)26-14-10-24(11-15-26)25-12-16-27(17-13-25)37-30-18-19-33(42)38(45-44-28-6-2-1-3-7-28)36(30)29-8-4-5-9-34(29)43-37/h1-21,42,44H/b42-33?,45-38+. The van der Waals surface area contributed by atoms with Gasteiger partial charge in [-0.15, -0.1) is 0 Å². The highest BCUT2D eigenvalue weighted by Gasteiger charge is 2.24. The molecule has 0 saturated carbocycles. The minimum absolute atomic E-state index is 0.0613. The molecular weight excluding hydrogens is 564 g/mol. The number of hydrogen-bond donors (Lipinski definition) is 2. The van der Waals surface area contributed by atoms with Crippen LogP contribution in [0.25, 0.3) is 50.5 Å². The summed E-state index contributed by atoms with van der Waals surface area (Å²) in [5, 5.41) is 23.3. The van der Waals surface area contributed by atoms with E-state index < -0.39 is 11.6 Å². The van der Waals surface area contributed by atoms with Gasteiger partial charge in [-0.25, -0.2) is 13.8 Å². The number of benzene rings is 5. The zero-order valence-corrected chi connectivity index (χ0v) is 23.7. The molecule has 5 nitrogen and oxygen atoms in total. The molecule has 0 radical (unpaired) electrons. The number of allylic oxidation sites excluding steroid dienone is 1. The number of para-hydroxylation sites is 2. The number of rotatable bonds is 5. The number of pyridine rings is 1. The fourth-order valence-corrected chi connectivity index (χ4v) is 5.56. The normalized spacial score (nSPS) is 13.1. The number of halogens is 2. The van der Waals surface area contributed by atoms with Crippen LogP contribution in [0, 0.1) is 28.4 Å². The Labute approximate surface area is 258 Å². The summed E-state index contributed by atoms with van der Waals surface area (Å²) in [4.78, 5) is 5.02. The van der Waals surface area contributed by atoms with E-state index in [-0.39, 0.29) is 11.1 Å². The van der Waals surface area contributed by atoms with E-state index in [4.69, 9.17) is 15.7 Å². The first-order valence-electron chi connectivity index (χ1n) is 14.2. The Morgan fingerprint density at radius 3 is 1.96 bits per heavy atom. The monoisotopic (exact) mass is 587 g/mol. The van der Waals surface area contributed by atoms with E-state index in [1.807, 2.05) is 97.1 Å². The molecule has 45 heavy (non-hydrogen) atoms. The summed E-state index contributed by atoms with van der Waals surface area (Å²) in [6.07, 6.45) is 3.66. The number of anilines is 1. The van der Waals surface area contributed by atoms with Crippen LogP contribution in [0.4, 0.5) is 14.5 Å². The predicted molar refractivity (Wildman–Crippen MR) is 176 cm³/mol. The molecule has 2 N–H and O–H groups in total. The minimum atomic E-state index is -0.775. The lowest BCUT2D eigenvalue weighted by Gasteiger charge is -2.20. The van der Waals surface area contributed by atoms with Gasteiger partial charge in [-0.3, -0.25) is 10.8 Å². The lowest BCUT2D eigenvalue weighted by Crippen LogP contribution is -2.20. The molecule has 0 atom stereocenters. The fourth-order valence-electron chi connectivity index (χ4n) is 5.56. The molecule has 1 aliphatic carbocycles. The molecule has 1 heterocycles. The molecule has 0 fully saturated rings. The van der Waals surface area contributed by atoms with Crippen LogP contribution in [0.3, 0.4) is 0 Å². The van der Waals surface area contributed by atoms with Crippen LogP contribution in [-0.2, 0) is 0 Å². The van der Waals surface area contributed by atoms with Gasteiger partial charge in [0.15, 0.2) is 0 Å². The Kier molecular flexibility index (Phi) is 7.01. The van der Waals surface area contributed by atoms with Gasteiger partial charge in [0.1, 0.15) is 17.3 Å². The van der Waals surface area contributed by atoms with Crippen molar-refractivity contribution in [3.8, 4) is 39.6 Å². The third-order valence-corrected chi connectivity index (χ3v) is 7.75. The Morgan fingerprint density at radius 2 is 1.29 bits per heavy atom. The molecule has 7 rings (SSSR count). The van der Waals surface area contributed by atoms with Gasteiger partial charge in [0, 0.05) is 22.1 Å². The molecule has 0 spiro atoms. The summed E-state index contributed by atoms with van der Waals surface area (Å²) in [6.45, 7) is 0. The van der Waals surface area contributed by atoms with Crippen LogP contribution in [0.1, 0.15) is 16.7 Å². The topological polar surface area (TPSA) is 84.9 Å². The summed E-state index contributed by atoms with van der Waals surface area (Å²) in [6, 6.07) is 36.2. The Bertz CT molecular complexity index is 2190. The van der Waals surface area contributed by atoms with Crippen LogP contribution in [0.5, 0.6) is 0 Å². The number of hydrazone groups is 1. The number of nitriles is 1.